The summed E-state index contributed by atoms with van der Waals surface area (Å²) in [5.41, 5.74) is 5.63. The zero-order chi connectivity index (χ0) is 29.6. The van der Waals surface area contributed by atoms with E-state index in [-0.39, 0.29) is 17.9 Å². The van der Waals surface area contributed by atoms with E-state index in [2.05, 4.69) is 60.7 Å². The van der Waals surface area contributed by atoms with Gasteiger partial charge in [-0.25, -0.2) is 4.79 Å². The van der Waals surface area contributed by atoms with Gasteiger partial charge in [-0.3, -0.25) is 4.79 Å². The van der Waals surface area contributed by atoms with Crippen molar-refractivity contribution in [1.29, 1.82) is 0 Å². The Balaban J connectivity index is 1.40. The molecule has 5 heteroatoms. The Morgan fingerprint density at radius 2 is 1.33 bits per heavy atom. The number of carbonyl (C=O) groups is 2. The normalized spacial score (nSPS) is 12.0. The van der Waals surface area contributed by atoms with Gasteiger partial charge in [-0.1, -0.05) is 116 Å². The van der Waals surface area contributed by atoms with Crippen molar-refractivity contribution in [3.63, 3.8) is 0 Å². The van der Waals surface area contributed by atoms with Crippen molar-refractivity contribution in [2.75, 3.05) is 0 Å². The van der Waals surface area contributed by atoms with E-state index in [0.29, 0.717) is 13.0 Å². The fraction of sp³-hybridized carbons (Fsp3) is 0.189. The van der Waals surface area contributed by atoms with Crippen molar-refractivity contribution >= 4 is 30.2 Å². The molecule has 0 aromatic heterocycles. The second-order valence-corrected chi connectivity index (χ2v) is 10.3. The van der Waals surface area contributed by atoms with Crippen molar-refractivity contribution in [3.05, 3.63) is 143 Å². The van der Waals surface area contributed by atoms with Crippen LogP contribution in [0.4, 0.5) is 0 Å². The molecule has 0 saturated carbocycles. The summed E-state index contributed by atoms with van der Waals surface area (Å²) >= 11 is 0. The van der Waals surface area contributed by atoms with Crippen molar-refractivity contribution in [3.8, 4) is 5.75 Å². The van der Waals surface area contributed by atoms with Crippen molar-refractivity contribution in [2.45, 2.75) is 38.7 Å². The number of hydrogen-bond donors (Lipinski definition) is 2. The Labute approximate surface area is 247 Å². The lowest BCUT2D eigenvalue weighted by Crippen LogP contribution is -2.04. The number of carboxylic acid groups (broad SMARTS) is 2. The average Bonchev–Trinajstić information content (AvgIpc) is 3.01. The Hall–Kier alpha value is -4.90. The van der Waals surface area contributed by atoms with E-state index in [4.69, 9.17) is 9.84 Å². The molecule has 0 bridgehead atoms. The lowest BCUT2D eigenvalue weighted by Gasteiger charge is -2.14. The molecule has 0 aliphatic rings. The van der Waals surface area contributed by atoms with Crippen LogP contribution in [0.1, 0.15) is 63.9 Å². The molecule has 1 atom stereocenters. The first-order valence-corrected chi connectivity index (χ1v) is 14.2. The Morgan fingerprint density at radius 1 is 0.690 bits per heavy atom. The molecular formula is C37H36O5. The van der Waals surface area contributed by atoms with Gasteiger partial charge in [0.25, 0.3) is 0 Å². The predicted octanol–water partition coefficient (Wildman–Crippen LogP) is 8.65. The third kappa shape index (κ3) is 9.93. The highest BCUT2D eigenvalue weighted by molar-refractivity contribution is 5.87. The molecule has 214 valence electrons. The lowest BCUT2D eigenvalue weighted by molar-refractivity contribution is -0.137. The highest BCUT2D eigenvalue weighted by Gasteiger charge is 2.10. The van der Waals surface area contributed by atoms with E-state index in [9.17, 15) is 14.7 Å². The molecule has 0 aliphatic heterocycles. The summed E-state index contributed by atoms with van der Waals surface area (Å²) in [4.78, 5) is 22.2. The first-order valence-electron chi connectivity index (χ1n) is 14.2. The van der Waals surface area contributed by atoms with Crippen LogP contribution in [0.15, 0.2) is 109 Å². The number of rotatable bonds is 15. The molecule has 4 rings (SSSR count). The molecule has 0 amide bonds. The minimum absolute atomic E-state index is 0.157. The minimum Gasteiger partial charge on any atom is -0.488 e. The molecule has 0 fully saturated rings. The van der Waals surface area contributed by atoms with Crippen LogP contribution < -0.4 is 4.74 Å². The van der Waals surface area contributed by atoms with Gasteiger partial charge >= 0.3 is 11.9 Å². The highest BCUT2D eigenvalue weighted by atomic mass is 16.5. The van der Waals surface area contributed by atoms with Crippen LogP contribution in [0.25, 0.3) is 18.2 Å². The van der Waals surface area contributed by atoms with Crippen molar-refractivity contribution < 1.29 is 24.5 Å². The molecule has 0 spiro atoms. The van der Waals surface area contributed by atoms with Gasteiger partial charge in [0.1, 0.15) is 12.4 Å². The third-order valence-corrected chi connectivity index (χ3v) is 7.02. The second-order valence-electron chi connectivity index (χ2n) is 10.3. The summed E-state index contributed by atoms with van der Waals surface area (Å²) in [7, 11) is 0. The summed E-state index contributed by atoms with van der Waals surface area (Å²) in [6, 6.07) is 33.4. The van der Waals surface area contributed by atoms with E-state index >= 15 is 0 Å². The zero-order valence-electron chi connectivity index (χ0n) is 23.6. The number of unbranched alkanes of at least 4 members (excludes halogenated alkanes) is 1. The van der Waals surface area contributed by atoms with Crippen LogP contribution in [-0.4, -0.2) is 22.2 Å². The van der Waals surface area contributed by atoms with E-state index < -0.39 is 11.9 Å². The van der Waals surface area contributed by atoms with Crippen LogP contribution in [-0.2, 0) is 17.8 Å². The van der Waals surface area contributed by atoms with Gasteiger partial charge in [0.2, 0.25) is 0 Å². The molecule has 0 aliphatic carbocycles. The SMILES string of the molecule is O=C(O)CCCCC(/C=C/c1ccccc1OCc1ccc(/C=C/c2ccccc2)cc1)Cc1ccc(C(=O)O)cc1. The third-order valence-electron chi connectivity index (χ3n) is 7.02. The van der Waals surface area contributed by atoms with Gasteiger partial charge in [0, 0.05) is 12.0 Å². The fourth-order valence-corrected chi connectivity index (χ4v) is 4.67. The maximum absolute atomic E-state index is 11.2. The van der Waals surface area contributed by atoms with Gasteiger partial charge in [0.15, 0.2) is 0 Å². The van der Waals surface area contributed by atoms with Gasteiger partial charge in [-0.2, -0.15) is 0 Å². The maximum atomic E-state index is 11.2. The van der Waals surface area contributed by atoms with Crippen LogP contribution >= 0.6 is 0 Å². The van der Waals surface area contributed by atoms with Gasteiger partial charge < -0.3 is 14.9 Å². The first-order chi connectivity index (χ1) is 20.5. The molecule has 42 heavy (non-hydrogen) atoms. The average molecular weight is 561 g/mol. The topological polar surface area (TPSA) is 83.8 Å². The van der Waals surface area contributed by atoms with E-state index in [1.165, 1.54) is 0 Å². The highest BCUT2D eigenvalue weighted by Crippen LogP contribution is 2.25. The van der Waals surface area contributed by atoms with Crippen LogP contribution in [0.3, 0.4) is 0 Å². The number of aliphatic carboxylic acids is 1. The number of para-hydroxylation sites is 1. The number of hydrogen-bond acceptors (Lipinski definition) is 3. The van der Waals surface area contributed by atoms with Gasteiger partial charge in [0.05, 0.1) is 5.56 Å². The maximum Gasteiger partial charge on any atom is 0.335 e. The van der Waals surface area contributed by atoms with Gasteiger partial charge in [-0.05, 0) is 65.6 Å². The van der Waals surface area contributed by atoms with E-state index in [1.807, 2.05) is 54.6 Å². The molecular weight excluding hydrogens is 524 g/mol. The van der Waals surface area contributed by atoms with Crippen LogP contribution in [0, 0.1) is 5.92 Å². The minimum atomic E-state index is -0.945. The number of allylic oxidation sites excluding steroid dienone is 1. The van der Waals surface area contributed by atoms with E-state index in [1.54, 1.807) is 12.1 Å². The molecule has 0 saturated heterocycles. The standard InChI is InChI=1S/C37H36O5/c38-36(39)13-7-4-10-30(26-31-21-24-34(25-22-31)37(40)41)20-23-33-11-5-6-12-35(33)42-27-32-18-16-29(17-19-32)15-14-28-8-2-1-3-9-28/h1-3,5-6,8-9,11-12,14-25,30H,4,7,10,13,26-27H2,(H,38,39)(H,40,41)/b15-14+,23-20+. The fourth-order valence-electron chi connectivity index (χ4n) is 4.67. The Morgan fingerprint density at radius 3 is 2.02 bits per heavy atom. The molecule has 1 unspecified atom stereocenters. The summed E-state index contributed by atoms with van der Waals surface area (Å²) in [5.74, 6) is -0.772. The predicted molar refractivity (Wildman–Crippen MR) is 168 cm³/mol. The largest absolute Gasteiger partial charge is 0.488 e. The number of carboxylic acids is 2. The molecule has 0 radical (unpaired) electrons. The van der Waals surface area contributed by atoms with Gasteiger partial charge in [-0.15, -0.1) is 0 Å². The number of aromatic carboxylic acids is 1. The molecule has 5 nitrogen and oxygen atoms in total. The first kappa shape index (κ1) is 30.1. The smallest absolute Gasteiger partial charge is 0.335 e. The monoisotopic (exact) mass is 560 g/mol. The van der Waals surface area contributed by atoms with Crippen molar-refractivity contribution in [2.24, 2.45) is 5.92 Å². The molecule has 4 aromatic rings. The Kier molecular flexibility index (Phi) is 11.3. The lowest BCUT2D eigenvalue weighted by atomic mass is 9.92. The second kappa shape index (κ2) is 15.8. The summed E-state index contributed by atoms with van der Waals surface area (Å²) in [6.45, 7) is 0.447. The number of benzene rings is 4. The van der Waals surface area contributed by atoms with E-state index in [0.717, 1.165) is 52.8 Å². The molecule has 4 aromatic carbocycles. The van der Waals surface area contributed by atoms with Crippen LogP contribution in [0.5, 0.6) is 5.75 Å². The summed E-state index contributed by atoms with van der Waals surface area (Å²) < 4.78 is 6.21. The molecule has 0 heterocycles. The zero-order valence-corrected chi connectivity index (χ0v) is 23.6. The summed E-state index contributed by atoms with van der Waals surface area (Å²) in [5, 5.41) is 18.2. The Bertz CT molecular complexity index is 1490. The number of ether oxygens (including phenoxy) is 1. The quantitative estimate of drug-likeness (QED) is 0.112. The van der Waals surface area contributed by atoms with Crippen LogP contribution in [0.2, 0.25) is 0 Å². The molecule has 2 N–H and O–H groups in total. The van der Waals surface area contributed by atoms with Crippen molar-refractivity contribution in [1.82, 2.24) is 0 Å². The summed E-state index contributed by atoms with van der Waals surface area (Å²) in [6.07, 6.45) is 11.6.